The lowest BCUT2D eigenvalue weighted by atomic mass is 10.2. The summed E-state index contributed by atoms with van der Waals surface area (Å²) >= 11 is 0. The average molecular weight is 234 g/mol. The summed E-state index contributed by atoms with van der Waals surface area (Å²) in [6.45, 7) is 3.69. The second-order valence-electron chi connectivity index (χ2n) is 4.57. The molecule has 0 heterocycles. The summed E-state index contributed by atoms with van der Waals surface area (Å²) in [6, 6.07) is 4.73. The summed E-state index contributed by atoms with van der Waals surface area (Å²) in [5, 5.41) is 13.5. The van der Waals surface area contributed by atoms with Crippen LogP contribution in [-0.4, -0.2) is 10.8 Å². The Kier molecular flexibility index (Phi) is 2.83. The van der Waals surface area contributed by atoms with Gasteiger partial charge in [0, 0.05) is 23.2 Å². The van der Waals surface area contributed by atoms with Crippen molar-refractivity contribution in [1.29, 1.82) is 0 Å². The largest absolute Gasteiger partial charge is 0.326 e. The molecule has 5 nitrogen and oxygen atoms in total. The predicted octanol–water partition coefficient (Wildman–Crippen LogP) is 2.50. The molecule has 2 unspecified atom stereocenters. The first kappa shape index (κ1) is 11.6. The van der Waals surface area contributed by atoms with Gasteiger partial charge in [-0.15, -0.1) is 0 Å². The summed E-state index contributed by atoms with van der Waals surface area (Å²) in [4.78, 5) is 22.0. The molecule has 1 aliphatic carbocycles. The average Bonchev–Trinajstić information content (AvgIpc) is 2.98. The number of aryl methyl sites for hydroxylation is 1. The second kappa shape index (κ2) is 4.16. The summed E-state index contributed by atoms with van der Waals surface area (Å²) in [5.74, 6) is 0.446. The molecule has 1 aliphatic rings. The van der Waals surface area contributed by atoms with Gasteiger partial charge in [-0.25, -0.2) is 0 Å². The molecular formula is C12H14N2O3. The van der Waals surface area contributed by atoms with E-state index in [4.69, 9.17) is 0 Å². The molecule has 2 atom stereocenters. The van der Waals surface area contributed by atoms with Gasteiger partial charge in [0.1, 0.15) is 0 Å². The molecule has 5 heteroatoms. The highest BCUT2D eigenvalue weighted by Gasteiger charge is 2.39. The van der Waals surface area contributed by atoms with E-state index in [1.54, 1.807) is 19.1 Å². The van der Waals surface area contributed by atoms with Gasteiger partial charge < -0.3 is 5.32 Å². The maximum absolute atomic E-state index is 11.7. The maximum atomic E-state index is 11.7. The van der Waals surface area contributed by atoms with Crippen molar-refractivity contribution >= 4 is 17.3 Å². The summed E-state index contributed by atoms with van der Waals surface area (Å²) in [7, 11) is 0. The van der Waals surface area contributed by atoms with Crippen molar-refractivity contribution < 1.29 is 9.72 Å². The molecule has 0 bridgehead atoms. The molecule has 0 aromatic heterocycles. The first-order valence-electron chi connectivity index (χ1n) is 5.55. The third-order valence-corrected chi connectivity index (χ3v) is 3.12. The topological polar surface area (TPSA) is 72.2 Å². The van der Waals surface area contributed by atoms with Crippen molar-refractivity contribution in [3.8, 4) is 0 Å². The van der Waals surface area contributed by atoms with Gasteiger partial charge in [-0.2, -0.15) is 0 Å². The Balaban J connectivity index is 2.14. The smallest absolute Gasteiger partial charge is 0.274 e. The maximum Gasteiger partial charge on any atom is 0.274 e. The number of carbonyl (C=O) groups excluding carboxylic acids is 1. The second-order valence-corrected chi connectivity index (χ2v) is 4.57. The molecule has 1 aromatic carbocycles. The Labute approximate surface area is 99.0 Å². The number of amides is 1. The van der Waals surface area contributed by atoms with Crippen LogP contribution in [-0.2, 0) is 4.79 Å². The fraction of sp³-hybridized carbons (Fsp3) is 0.417. The first-order valence-corrected chi connectivity index (χ1v) is 5.55. The third kappa shape index (κ3) is 2.43. The lowest BCUT2D eigenvalue weighted by Crippen LogP contribution is -2.14. The standard InChI is InChI=1S/C12H14N2O3/c1-7-3-4-9(6-11(7)14(16)17)13-12(15)10-5-8(10)2/h3-4,6,8,10H,5H2,1-2H3,(H,13,15). The molecular weight excluding hydrogens is 220 g/mol. The van der Waals surface area contributed by atoms with Gasteiger partial charge in [-0.05, 0) is 25.3 Å². The Bertz CT molecular complexity index is 485. The number of carbonyl (C=O) groups is 1. The SMILES string of the molecule is Cc1ccc(NC(=O)C2CC2C)cc1[N+](=O)[O-]. The number of nitrogens with zero attached hydrogens (tertiary/aromatic N) is 1. The molecule has 1 amide bonds. The number of nitro groups is 1. The van der Waals surface area contributed by atoms with E-state index < -0.39 is 4.92 Å². The van der Waals surface area contributed by atoms with Crippen LogP contribution in [0.25, 0.3) is 0 Å². The Hall–Kier alpha value is -1.91. The fourth-order valence-corrected chi connectivity index (χ4v) is 1.81. The molecule has 1 aromatic rings. The van der Waals surface area contributed by atoms with Crippen molar-refractivity contribution in [2.75, 3.05) is 5.32 Å². The molecule has 17 heavy (non-hydrogen) atoms. The lowest BCUT2D eigenvalue weighted by Gasteiger charge is -2.05. The van der Waals surface area contributed by atoms with Crippen molar-refractivity contribution in [2.24, 2.45) is 11.8 Å². The van der Waals surface area contributed by atoms with Crippen LogP contribution < -0.4 is 5.32 Å². The number of nitro benzene ring substituents is 1. The minimum atomic E-state index is -0.440. The van der Waals surface area contributed by atoms with Gasteiger partial charge in [0.05, 0.1) is 4.92 Å². The number of hydrogen-bond acceptors (Lipinski definition) is 3. The number of benzene rings is 1. The summed E-state index contributed by atoms with van der Waals surface area (Å²) in [5.41, 5.74) is 1.12. The summed E-state index contributed by atoms with van der Waals surface area (Å²) in [6.07, 6.45) is 0.903. The van der Waals surface area contributed by atoms with Crippen LogP contribution in [0, 0.1) is 28.9 Å². The molecule has 0 spiro atoms. The zero-order valence-corrected chi connectivity index (χ0v) is 9.77. The lowest BCUT2D eigenvalue weighted by molar-refractivity contribution is -0.385. The van der Waals surface area contributed by atoms with E-state index >= 15 is 0 Å². The number of anilines is 1. The van der Waals surface area contributed by atoms with Crippen LogP contribution in [0.5, 0.6) is 0 Å². The Morgan fingerprint density at radius 1 is 1.53 bits per heavy atom. The van der Waals surface area contributed by atoms with E-state index in [0.717, 1.165) is 6.42 Å². The van der Waals surface area contributed by atoms with E-state index in [9.17, 15) is 14.9 Å². The van der Waals surface area contributed by atoms with E-state index in [-0.39, 0.29) is 17.5 Å². The molecule has 1 saturated carbocycles. The van der Waals surface area contributed by atoms with E-state index in [1.165, 1.54) is 6.07 Å². The minimum absolute atomic E-state index is 0.0339. The summed E-state index contributed by atoms with van der Waals surface area (Å²) < 4.78 is 0. The first-order chi connectivity index (χ1) is 7.99. The highest BCUT2D eigenvalue weighted by molar-refractivity contribution is 5.94. The van der Waals surface area contributed by atoms with E-state index in [1.807, 2.05) is 6.92 Å². The monoisotopic (exact) mass is 234 g/mol. The van der Waals surface area contributed by atoms with Crippen molar-refractivity contribution in [3.63, 3.8) is 0 Å². The van der Waals surface area contributed by atoms with Crippen LogP contribution in [0.1, 0.15) is 18.9 Å². The zero-order chi connectivity index (χ0) is 12.6. The predicted molar refractivity (Wildman–Crippen MR) is 63.7 cm³/mol. The number of nitrogens with one attached hydrogen (secondary N) is 1. The normalized spacial score (nSPS) is 22.0. The van der Waals surface area contributed by atoms with Crippen molar-refractivity contribution in [1.82, 2.24) is 0 Å². The van der Waals surface area contributed by atoms with Gasteiger partial charge in [0.15, 0.2) is 0 Å². The quantitative estimate of drug-likeness (QED) is 0.645. The molecule has 1 fully saturated rings. The highest BCUT2D eigenvalue weighted by Crippen LogP contribution is 2.38. The molecule has 0 radical (unpaired) electrons. The molecule has 0 saturated heterocycles. The molecule has 1 N–H and O–H groups in total. The van der Waals surface area contributed by atoms with Crippen LogP contribution in [0.3, 0.4) is 0 Å². The fourth-order valence-electron chi connectivity index (χ4n) is 1.81. The van der Waals surface area contributed by atoms with Gasteiger partial charge >= 0.3 is 0 Å². The van der Waals surface area contributed by atoms with Crippen LogP contribution in [0.4, 0.5) is 11.4 Å². The van der Waals surface area contributed by atoms with Crippen LogP contribution in [0.2, 0.25) is 0 Å². The minimum Gasteiger partial charge on any atom is -0.326 e. The highest BCUT2D eigenvalue weighted by atomic mass is 16.6. The zero-order valence-electron chi connectivity index (χ0n) is 9.77. The number of rotatable bonds is 3. The van der Waals surface area contributed by atoms with Crippen LogP contribution in [0.15, 0.2) is 18.2 Å². The van der Waals surface area contributed by atoms with Crippen LogP contribution >= 0.6 is 0 Å². The van der Waals surface area contributed by atoms with Gasteiger partial charge in [0.2, 0.25) is 5.91 Å². The molecule has 90 valence electrons. The molecule has 2 rings (SSSR count). The van der Waals surface area contributed by atoms with E-state index in [2.05, 4.69) is 5.32 Å². The van der Waals surface area contributed by atoms with Gasteiger partial charge in [-0.1, -0.05) is 13.0 Å². The number of hydrogen-bond donors (Lipinski definition) is 1. The van der Waals surface area contributed by atoms with Crippen molar-refractivity contribution in [2.45, 2.75) is 20.3 Å². The van der Waals surface area contributed by atoms with E-state index in [0.29, 0.717) is 17.2 Å². The van der Waals surface area contributed by atoms with Gasteiger partial charge in [0.25, 0.3) is 5.69 Å². The molecule has 0 aliphatic heterocycles. The Morgan fingerprint density at radius 3 is 2.71 bits per heavy atom. The third-order valence-electron chi connectivity index (χ3n) is 3.12. The van der Waals surface area contributed by atoms with Gasteiger partial charge in [-0.3, -0.25) is 14.9 Å². The van der Waals surface area contributed by atoms with Crippen molar-refractivity contribution in [3.05, 3.63) is 33.9 Å². The Morgan fingerprint density at radius 2 is 2.18 bits per heavy atom.